The second-order valence-corrected chi connectivity index (χ2v) is 6.32. The molecule has 0 radical (unpaired) electrons. The lowest BCUT2D eigenvalue weighted by molar-refractivity contribution is -0.114. The van der Waals surface area contributed by atoms with Gasteiger partial charge in [-0.3, -0.25) is 4.79 Å². The Kier molecular flexibility index (Phi) is 5.50. The van der Waals surface area contributed by atoms with E-state index in [2.05, 4.69) is 20.5 Å². The summed E-state index contributed by atoms with van der Waals surface area (Å²) in [5.74, 6) is 0.863. The molecular formula is C19H24N4O2. The van der Waals surface area contributed by atoms with Gasteiger partial charge in [0.15, 0.2) is 5.82 Å². The number of aliphatic hydroxyl groups excluding tert-OH is 1. The van der Waals surface area contributed by atoms with E-state index in [1.807, 2.05) is 36.4 Å². The fourth-order valence-electron chi connectivity index (χ4n) is 2.97. The minimum absolute atomic E-state index is 0.0717. The maximum absolute atomic E-state index is 11.1. The molecule has 1 fully saturated rings. The van der Waals surface area contributed by atoms with Crippen LogP contribution in [0, 0.1) is 0 Å². The van der Waals surface area contributed by atoms with Gasteiger partial charge in [0, 0.05) is 38.4 Å². The summed E-state index contributed by atoms with van der Waals surface area (Å²) >= 11 is 0. The predicted molar refractivity (Wildman–Crippen MR) is 99.8 cm³/mol. The van der Waals surface area contributed by atoms with E-state index in [9.17, 15) is 9.90 Å². The van der Waals surface area contributed by atoms with E-state index in [1.54, 1.807) is 6.20 Å². The summed E-state index contributed by atoms with van der Waals surface area (Å²) in [4.78, 5) is 17.8. The number of pyridine rings is 1. The van der Waals surface area contributed by atoms with Crippen LogP contribution < -0.4 is 15.5 Å². The third-order valence-corrected chi connectivity index (χ3v) is 4.31. The Morgan fingerprint density at radius 2 is 1.96 bits per heavy atom. The largest absolute Gasteiger partial charge is 0.393 e. The van der Waals surface area contributed by atoms with Gasteiger partial charge in [-0.15, -0.1) is 0 Å². The summed E-state index contributed by atoms with van der Waals surface area (Å²) in [6.07, 6.45) is 3.16. The molecule has 1 saturated heterocycles. The van der Waals surface area contributed by atoms with Crippen molar-refractivity contribution in [3.8, 4) is 0 Å². The quantitative estimate of drug-likeness (QED) is 0.780. The maximum Gasteiger partial charge on any atom is 0.221 e. The number of carbonyl (C=O) groups excluding carboxylic acids is 1. The summed E-state index contributed by atoms with van der Waals surface area (Å²) < 4.78 is 0. The first kappa shape index (κ1) is 17.2. The zero-order chi connectivity index (χ0) is 17.6. The summed E-state index contributed by atoms with van der Waals surface area (Å²) in [7, 11) is 0. The fraction of sp³-hybridized carbons (Fsp3) is 0.368. The highest BCUT2D eigenvalue weighted by Gasteiger charge is 2.20. The summed E-state index contributed by atoms with van der Waals surface area (Å²) in [5, 5.41) is 15.9. The zero-order valence-electron chi connectivity index (χ0n) is 14.4. The number of piperidine rings is 1. The molecule has 1 aromatic carbocycles. The molecule has 25 heavy (non-hydrogen) atoms. The Morgan fingerprint density at radius 1 is 1.24 bits per heavy atom. The lowest BCUT2D eigenvalue weighted by Gasteiger charge is -2.31. The lowest BCUT2D eigenvalue weighted by atomic mass is 10.1. The van der Waals surface area contributed by atoms with Crippen LogP contribution in [0.2, 0.25) is 0 Å². The van der Waals surface area contributed by atoms with Gasteiger partial charge in [0.2, 0.25) is 5.91 Å². The zero-order valence-corrected chi connectivity index (χ0v) is 14.4. The maximum atomic E-state index is 11.1. The molecule has 1 aliphatic heterocycles. The van der Waals surface area contributed by atoms with E-state index in [0.29, 0.717) is 6.54 Å². The highest BCUT2D eigenvalue weighted by Crippen LogP contribution is 2.26. The van der Waals surface area contributed by atoms with Crippen molar-refractivity contribution in [2.75, 3.05) is 28.6 Å². The van der Waals surface area contributed by atoms with Crippen LogP contribution >= 0.6 is 0 Å². The van der Waals surface area contributed by atoms with Gasteiger partial charge >= 0.3 is 0 Å². The molecule has 0 spiro atoms. The fourth-order valence-corrected chi connectivity index (χ4v) is 2.97. The Morgan fingerprint density at radius 3 is 2.64 bits per heavy atom. The van der Waals surface area contributed by atoms with Crippen molar-refractivity contribution < 1.29 is 9.90 Å². The van der Waals surface area contributed by atoms with Gasteiger partial charge in [-0.2, -0.15) is 0 Å². The third kappa shape index (κ3) is 4.70. The smallest absolute Gasteiger partial charge is 0.221 e. The van der Waals surface area contributed by atoms with Gasteiger partial charge in [-0.1, -0.05) is 12.1 Å². The summed E-state index contributed by atoms with van der Waals surface area (Å²) in [6.45, 7) is 3.81. The summed E-state index contributed by atoms with van der Waals surface area (Å²) in [5.41, 5.74) is 2.91. The number of aromatic nitrogens is 1. The van der Waals surface area contributed by atoms with Crippen molar-refractivity contribution in [3.05, 3.63) is 48.2 Å². The van der Waals surface area contributed by atoms with Crippen LogP contribution in [0.15, 0.2) is 42.6 Å². The third-order valence-electron chi connectivity index (χ3n) is 4.31. The molecule has 3 N–H and O–H groups in total. The SMILES string of the molecule is CC(=O)Nc1ccc(CNc2cccnc2N2CCC(O)CC2)cc1. The van der Waals surface area contributed by atoms with Crippen molar-refractivity contribution in [2.24, 2.45) is 0 Å². The number of nitrogens with zero attached hydrogens (tertiary/aromatic N) is 2. The standard InChI is InChI=1S/C19H24N4O2/c1-14(24)22-16-6-4-15(5-7-16)13-21-18-3-2-10-20-19(18)23-11-8-17(25)9-12-23/h2-7,10,17,21,25H,8-9,11-13H2,1H3,(H,22,24). The van der Waals surface area contributed by atoms with Crippen molar-refractivity contribution in [3.63, 3.8) is 0 Å². The monoisotopic (exact) mass is 340 g/mol. The van der Waals surface area contributed by atoms with Crippen LogP contribution in [0.25, 0.3) is 0 Å². The van der Waals surface area contributed by atoms with Crippen LogP contribution in [-0.2, 0) is 11.3 Å². The van der Waals surface area contributed by atoms with Gasteiger partial charge in [0.1, 0.15) is 0 Å². The Labute approximate surface area is 147 Å². The highest BCUT2D eigenvalue weighted by molar-refractivity contribution is 5.88. The molecule has 6 heteroatoms. The van der Waals surface area contributed by atoms with Gasteiger partial charge in [0.25, 0.3) is 0 Å². The molecule has 1 aliphatic rings. The molecule has 1 amide bonds. The van der Waals surface area contributed by atoms with Gasteiger partial charge in [0.05, 0.1) is 11.8 Å². The van der Waals surface area contributed by atoms with E-state index in [-0.39, 0.29) is 12.0 Å². The van der Waals surface area contributed by atoms with E-state index in [0.717, 1.165) is 48.7 Å². The van der Waals surface area contributed by atoms with Crippen LogP contribution in [0.1, 0.15) is 25.3 Å². The Balaban J connectivity index is 1.64. The van der Waals surface area contributed by atoms with Gasteiger partial charge in [-0.05, 0) is 42.7 Å². The van der Waals surface area contributed by atoms with Gasteiger partial charge < -0.3 is 20.6 Å². The molecule has 0 atom stereocenters. The first-order valence-corrected chi connectivity index (χ1v) is 8.60. The van der Waals surface area contributed by atoms with E-state index in [1.165, 1.54) is 6.92 Å². The minimum atomic E-state index is -0.196. The number of rotatable bonds is 5. The molecule has 0 unspecified atom stereocenters. The molecule has 0 bridgehead atoms. The number of nitrogens with one attached hydrogen (secondary N) is 2. The normalized spacial score (nSPS) is 15.0. The van der Waals surface area contributed by atoms with Crippen molar-refractivity contribution in [1.29, 1.82) is 0 Å². The first-order valence-electron chi connectivity index (χ1n) is 8.60. The molecule has 1 aromatic heterocycles. The number of carbonyl (C=O) groups is 1. The van der Waals surface area contributed by atoms with Crippen LogP contribution in [0.3, 0.4) is 0 Å². The number of amides is 1. The second kappa shape index (κ2) is 7.98. The molecule has 2 heterocycles. The molecular weight excluding hydrogens is 316 g/mol. The van der Waals surface area contributed by atoms with E-state index < -0.39 is 0 Å². The molecule has 3 rings (SSSR count). The number of hydrogen-bond donors (Lipinski definition) is 3. The molecule has 2 aromatic rings. The van der Waals surface area contributed by atoms with Crippen LogP contribution in [0.4, 0.5) is 17.2 Å². The Bertz CT molecular complexity index is 710. The molecule has 0 saturated carbocycles. The van der Waals surface area contributed by atoms with E-state index in [4.69, 9.17) is 0 Å². The minimum Gasteiger partial charge on any atom is -0.393 e. The highest BCUT2D eigenvalue weighted by atomic mass is 16.3. The van der Waals surface area contributed by atoms with Crippen LogP contribution in [-0.4, -0.2) is 35.2 Å². The Hall–Kier alpha value is -2.60. The number of hydrogen-bond acceptors (Lipinski definition) is 5. The average Bonchev–Trinajstić information content (AvgIpc) is 2.62. The van der Waals surface area contributed by atoms with Gasteiger partial charge in [-0.25, -0.2) is 4.98 Å². The summed E-state index contributed by atoms with van der Waals surface area (Å²) in [6, 6.07) is 11.7. The average molecular weight is 340 g/mol. The van der Waals surface area contributed by atoms with Crippen molar-refractivity contribution in [1.82, 2.24) is 4.98 Å². The molecule has 0 aliphatic carbocycles. The number of benzene rings is 1. The molecule has 6 nitrogen and oxygen atoms in total. The van der Waals surface area contributed by atoms with Crippen molar-refractivity contribution in [2.45, 2.75) is 32.4 Å². The second-order valence-electron chi connectivity index (χ2n) is 6.32. The molecule has 132 valence electrons. The first-order chi connectivity index (χ1) is 12.1. The van der Waals surface area contributed by atoms with Crippen molar-refractivity contribution >= 4 is 23.1 Å². The lowest BCUT2D eigenvalue weighted by Crippen LogP contribution is -2.36. The van der Waals surface area contributed by atoms with E-state index >= 15 is 0 Å². The number of aliphatic hydroxyl groups is 1. The topological polar surface area (TPSA) is 77.5 Å². The predicted octanol–water partition coefficient (Wildman–Crippen LogP) is 2.61. The number of anilines is 3. The van der Waals surface area contributed by atoms with Crippen LogP contribution in [0.5, 0.6) is 0 Å².